The van der Waals surface area contributed by atoms with Crippen LogP contribution in [0.4, 0.5) is 27.6 Å². The highest BCUT2D eigenvalue weighted by atomic mass is 35.5. The fourth-order valence-electron chi connectivity index (χ4n) is 8.39. The van der Waals surface area contributed by atoms with Gasteiger partial charge in [0.1, 0.15) is 17.2 Å². The number of phenols is 1. The quantitative estimate of drug-likeness (QED) is 0.0669. The van der Waals surface area contributed by atoms with Crippen LogP contribution in [0.3, 0.4) is 0 Å². The molecule has 2 aliphatic carbocycles. The van der Waals surface area contributed by atoms with Crippen LogP contribution in [0.25, 0.3) is 0 Å². The number of nitrogens with zero attached hydrogens (tertiary/aromatic N) is 2. The second kappa shape index (κ2) is 12.6. The fraction of sp³-hybridized carbons (Fsp3) is 0.400. The van der Waals surface area contributed by atoms with Crippen molar-refractivity contribution < 1.29 is 60.9 Å². The van der Waals surface area contributed by atoms with E-state index in [1.54, 1.807) is 6.08 Å². The van der Waals surface area contributed by atoms with Gasteiger partial charge >= 0.3 is 5.97 Å². The van der Waals surface area contributed by atoms with Crippen LogP contribution >= 0.6 is 23.2 Å². The van der Waals surface area contributed by atoms with E-state index in [4.69, 9.17) is 33.0 Å². The second-order valence-corrected chi connectivity index (χ2v) is 14.7. The van der Waals surface area contributed by atoms with Crippen LogP contribution < -0.4 is 9.64 Å². The minimum atomic E-state index is -2.69. The lowest BCUT2D eigenvalue weighted by atomic mass is 9.56. The number of fused-ring (bicyclic) bond motifs is 5. The number of hydrogen-bond acceptors (Lipinski definition) is 7. The number of alkyl halides is 2. The van der Waals surface area contributed by atoms with E-state index in [9.17, 15) is 42.3 Å². The van der Waals surface area contributed by atoms with E-state index < -0.39 is 104 Å². The second-order valence-electron chi connectivity index (χ2n) is 13.5. The van der Waals surface area contributed by atoms with Crippen molar-refractivity contribution in [1.29, 1.82) is 0 Å². The zero-order valence-electron chi connectivity index (χ0n) is 26.7. The Hall–Kier alpha value is -4.50. The third kappa shape index (κ3) is 4.98. The first-order valence-electron chi connectivity index (χ1n) is 16.3. The molecule has 3 aliphatic heterocycles. The average Bonchev–Trinajstić information content (AvgIpc) is 3.43. The minimum absolute atomic E-state index is 0.0219. The number of anilines is 1. The van der Waals surface area contributed by atoms with Gasteiger partial charge in [0.05, 0.1) is 18.1 Å². The van der Waals surface area contributed by atoms with E-state index in [0.717, 1.165) is 4.90 Å². The molecule has 2 aromatic carbocycles. The van der Waals surface area contributed by atoms with E-state index in [1.165, 1.54) is 24.5 Å². The number of unbranched alkanes of at least 4 members (excludes halogenated alkanes) is 2. The molecule has 3 heterocycles. The molecule has 0 bridgehead atoms. The fourth-order valence-corrected chi connectivity index (χ4v) is 9.34. The number of amides is 4. The van der Waals surface area contributed by atoms with Gasteiger partial charge in [0, 0.05) is 30.9 Å². The van der Waals surface area contributed by atoms with Gasteiger partial charge in [-0.1, -0.05) is 18.1 Å². The topological polar surface area (TPSA) is 142 Å². The number of ether oxygens (including phenoxy) is 1. The highest BCUT2D eigenvalue weighted by Gasteiger charge is 2.77. The molecule has 0 aromatic heterocycles. The van der Waals surface area contributed by atoms with Gasteiger partial charge in [0.15, 0.2) is 33.0 Å². The summed E-state index contributed by atoms with van der Waals surface area (Å²) in [5.41, 5.74) is -1.04. The molecule has 10 nitrogen and oxygen atoms in total. The Kier molecular flexibility index (Phi) is 8.68. The lowest BCUT2D eigenvalue weighted by Gasteiger charge is -2.51. The molecule has 2 N–H and O–H groups in total. The van der Waals surface area contributed by atoms with Crippen molar-refractivity contribution in [2.45, 2.75) is 54.7 Å². The molecule has 0 radical (unpaired) electrons. The van der Waals surface area contributed by atoms with Crippen molar-refractivity contribution >= 4 is 58.5 Å². The number of carboxylic acids is 1. The summed E-state index contributed by atoms with van der Waals surface area (Å²) in [6.07, 6.45) is 2.97. The highest BCUT2D eigenvalue weighted by Crippen LogP contribution is 2.65. The van der Waals surface area contributed by atoms with Crippen molar-refractivity contribution in [3.63, 3.8) is 0 Å². The van der Waals surface area contributed by atoms with Crippen molar-refractivity contribution in [3.05, 3.63) is 76.3 Å². The Labute approximate surface area is 301 Å². The molecular formula is C35H27Cl2F5N2O8. The summed E-state index contributed by atoms with van der Waals surface area (Å²) >= 11 is 14.3. The predicted molar refractivity (Wildman–Crippen MR) is 171 cm³/mol. The summed E-state index contributed by atoms with van der Waals surface area (Å²) in [5, 5.41) is 19.1. The number of carboxylic acid groups (broad SMARTS) is 1. The summed E-state index contributed by atoms with van der Waals surface area (Å²) in [6.45, 7) is -0.0219. The molecule has 7 rings (SSSR count). The molecular weight excluding hydrogens is 742 g/mol. The Balaban J connectivity index is 1.34. The smallest absolute Gasteiger partial charge is 0.303 e. The predicted octanol–water partition coefficient (Wildman–Crippen LogP) is 5.65. The molecule has 2 aromatic rings. The first-order valence-corrected chi connectivity index (χ1v) is 17.0. The Morgan fingerprint density at radius 2 is 1.58 bits per heavy atom. The van der Waals surface area contributed by atoms with Gasteiger partial charge in [-0.3, -0.25) is 28.9 Å². The largest absolute Gasteiger partial charge is 0.508 e. The van der Waals surface area contributed by atoms with Crippen LogP contribution in [-0.4, -0.2) is 61.0 Å². The number of hydrogen-bond donors (Lipinski definition) is 2. The number of carbonyl (C=O) groups is 5. The number of halogens is 7. The number of aromatic hydroxyl groups is 1. The van der Waals surface area contributed by atoms with Gasteiger partial charge in [0.25, 0.3) is 11.8 Å². The van der Waals surface area contributed by atoms with E-state index in [-0.39, 0.29) is 47.6 Å². The standard InChI is InChI=1S/C35H27Cl2F5N2O8/c36-34-12-19-17(6-7-18-22(19)31(49)43(30(18)48)9-3-1-2-4-21(46)47)23(15-10-14-11-16(45)5-8-20(14)52-13-15)35(34,37)33(51)44(32(34)50)29-27(41)25(39)24(38)26(40)28(29)42/h5-6,8,11,13,18-19,22-23,45H,1-4,7,9-10,12H2,(H,46,47)/t18-,19+,22-,23-,34+,35-/m0/s1. The third-order valence-electron chi connectivity index (χ3n) is 10.7. The lowest BCUT2D eigenvalue weighted by molar-refractivity contribution is -0.141. The van der Waals surface area contributed by atoms with Gasteiger partial charge in [-0.15, -0.1) is 23.2 Å². The molecule has 0 unspecified atom stereocenters. The SMILES string of the molecule is O=C(O)CCCCCN1C(=O)[C@H]2[C@H](CC=C3[C@H](C4=COc5ccc(O)cc5C4)[C@]4(Cl)C(=O)N(c5c(F)c(F)c(F)c(F)c5F)C(=O)[C@]4(Cl)C[C@H]32)C1=O. The van der Waals surface area contributed by atoms with Crippen LogP contribution in [-0.2, 0) is 30.4 Å². The van der Waals surface area contributed by atoms with Crippen LogP contribution in [0, 0.1) is 52.8 Å². The number of aliphatic carboxylic acids is 1. The van der Waals surface area contributed by atoms with Crippen LogP contribution in [0.1, 0.15) is 44.1 Å². The first kappa shape index (κ1) is 35.9. The number of imide groups is 2. The van der Waals surface area contributed by atoms with Crippen molar-refractivity contribution in [1.82, 2.24) is 4.90 Å². The van der Waals surface area contributed by atoms with Crippen molar-refractivity contribution in [2.75, 3.05) is 11.4 Å². The summed E-state index contributed by atoms with van der Waals surface area (Å²) in [4.78, 5) is 62.7. The number of benzene rings is 2. The van der Waals surface area contributed by atoms with E-state index in [0.29, 0.717) is 30.6 Å². The summed E-state index contributed by atoms with van der Waals surface area (Å²) < 4.78 is 79.2. The Morgan fingerprint density at radius 3 is 2.25 bits per heavy atom. The van der Waals surface area contributed by atoms with E-state index in [2.05, 4.69) is 0 Å². The van der Waals surface area contributed by atoms with Gasteiger partial charge in [-0.05, 0) is 55.4 Å². The molecule has 5 aliphatic rings. The normalized spacial score (nSPS) is 29.3. The zero-order chi connectivity index (χ0) is 37.6. The molecule has 6 atom stereocenters. The van der Waals surface area contributed by atoms with Crippen LogP contribution in [0.5, 0.6) is 11.5 Å². The van der Waals surface area contributed by atoms with Crippen molar-refractivity contribution in [3.8, 4) is 11.5 Å². The Bertz CT molecular complexity index is 2030. The van der Waals surface area contributed by atoms with Crippen LogP contribution in [0.2, 0.25) is 0 Å². The third-order valence-corrected chi connectivity index (χ3v) is 12.1. The average molecular weight is 770 g/mol. The maximum absolute atomic E-state index is 15.2. The van der Waals surface area contributed by atoms with Crippen molar-refractivity contribution in [2.24, 2.45) is 23.7 Å². The minimum Gasteiger partial charge on any atom is -0.508 e. The lowest BCUT2D eigenvalue weighted by Crippen LogP contribution is -2.61. The number of phenolic OH excluding ortho intramolecular Hbond substituents is 1. The molecule has 1 saturated carbocycles. The van der Waals surface area contributed by atoms with E-state index in [1.807, 2.05) is 0 Å². The monoisotopic (exact) mass is 768 g/mol. The van der Waals surface area contributed by atoms with Gasteiger partial charge < -0.3 is 14.9 Å². The van der Waals surface area contributed by atoms with Gasteiger partial charge in [-0.2, -0.15) is 0 Å². The molecule has 17 heteroatoms. The summed E-state index contributed by atoms with van der Waals surface area (Å²) in [7, 11) is 0. The summed E-state index contributed by atoms with van der Waals surface area (Å²) in [5.74, 6) is -22.2. The first-order chi connectivity index (χ1) is 24.5. The van der Waals surface area contributed by atoms with Crippen LogP contribution in [0.15, 0.2) is 41.7 Å². The Morgan fingerprint density at radius 1 is 0.904 bits per heavy atom. The molecule has 2 saturated heterocycles. The number of carbonyl (C=O) groups excluding carboxylic acids is 4. The number of likely N-dealkylation sites (tertiary alicyclic amines) is 1. The van der Waals surface area contributed by atoms with E-state index >= 15 is 8.78 Å². The van der Waals surface area contributed by atoms with Gasteiger partial charge in [0.2, 0.25) is 17.6 Å². The molecule has 0 spiro atoms. The maximum Gasteiger partial charge on any atom is 0.303 e. The zero-order valence-corrected chi connectivity index (χ0v) is 28.2. The molecule has 3 fully saturated rings. The number of allylic oxidation sites excluding steroid dienone is 3. The molecule has 52 heavy (non-hydrogen) atoms. The van der Waals surface area contributed by atoms with Gasteiger partial charge in [-0.25, -0.2) is 26.9 Å². The maximum atomic E-state index is 15.2. The highest BCUT2D eigenvalue weighted by molar-refractivity contribution is 6.58. The molecule has 4 amide bonds. The molecule has 274 valence electrons. The number of rotatable bonds is 8. The summed E-state index contributed by atoms with van der Waals surface area (Å²) in [6, 6.07) is 4.17.